The van der Waals surface area contributed by atoms with Gasteiger partial charge in [-0.2, -0.15) is 4.98 Å². The molecule has 0 amide bonds. The first-order valence-electron chi connectivity index (χ1n) is 8.84. The molecule has 1 N–H and O–H groups in total. The normalized spacial score (nSPS) is 20.2. The molecule has 25 heavy (non-hydrogen) atoms. The zero-order valence-electron chi connectivity index (χ0n) is 14.2. The SMILES string of the molecule is OC1(Cn2ccnc2)CCN(c2ncc(F)c(N3CCCC3)n2)CC1. The molecule has 0 spiro atoms. The van der Waals surface area contributed by atoms with E-state index in [-0.39, 0.29) is 5.82 Å². The minimum absolute atomic E-state index is 0.362. The molecule has 2 saturated heterocycles. The molecule has 0 atom stereocenters. The summed E-state index contributed by atoms with van der Waals surface area (Å²) in [6.45, 7) is 3.52. The summed E-state index contributed by atoms with van der Waals surface area (Å²) < 4.78 is 16.0. The highest BCUT2D eigenvalue weighted by Crippen LogP contribution is 2.28. The Morgan fingerprint density at radius 2 is 1.88 bits per heavy atom. The number of halogens is 1. The van der Waals surface area contributed by atoms with Gasteiger partial charge in [-0.3, -0.25) is 0 Å². The van der Waals surface area contributed by atoms with Gasteiger partial charge >= 0.3 is 0 Å². The Morgan fingerprint density at radius 1 is 1.12 bits per heavy atom. The molecule has 4 heterocycles. The van der Waals surface area contributed by atoms with Crippen LogP contribution < -0.4 is 9.80 Å². The third-order valence-corrected chi connectivity index (χ3v) is 5.13. The summed E-state index contributed by atoms with van der Waals surface area (Å²) in [5, 5.41) is 10.8. The fourth-order valence-electron chi connectivity index (χ4n) is 3.65. The van der Waals surface area contributed by atoms with Crippen molar-refractivity contribution in [3.63, 3.8) is 0 Å². The van der Waals surface area contributed by atoms with Gasteiger partial charge in [0, 0.05) is 38.6 Å². The monoisotopic (exact) mass is 346 g/mol. The molecule has 0 aliphatic carbocycles. The molecule has 0 aromatic carbocycles. The summed E-state index contributed by atoms with van der Waals surface area (Å²) in [6, 6.07) is 0. The van der Waals surface area contributed by atoms with E-state index in [4.69, 9.17) is 0 Å². The van der Waals surface area contributed by atoms with Gasteiger partial charge in [-0.05, 0) is 25.7 Å². The second-order valence-electron chi connectivity index (χ2n) is 6.98. The molecule has 2 aromatic heterocycles. The Kier molecular flexibility index (Phi) is 4.29. The first-order valence-corrected chi connectivity index (χ1v) is 8.84. The average Bonchev–Trinajstić information content (AvgIpc) is 3.30. The largest absolute Gasteiger partial charge is 0.388 e. The first-order chi connectivity index (χ1) is 12.1. The van der Waals surface area contributed by atoms with Crippen LogP contribution in [0.15, 0.2) is 24.9 Å². The first kappa shape index (κ1) is 16.3. The maximum absolute atomic E-state index is 14.1. The standard InChI is InChI=1S/C17H23FN6O/c18-14-11-20-16(21-15(14)23-6-1-2-7-23)24-8-3-17(25,4-9-24)12-22-10-5-19-13-22/h5,10-11,13,25H,1-4,6-9,12H2. The molecule has 0 radical (unpaired) electrons. The predicted molar refractivity (Wildman–Crippen MR) is 92.1 cm³/mol. The van der Waals surface area contributed by atoms with Gasteiger partial charge in [0.2, 0.25) is 5.95 Å². The Labute approximate surface area is 146 Å². The Hall–Kier alpha value is -2.22. The third-order valence-electron chi connectivity index (χ3n) is 5.13. The van der Waals surface area contributed by atoms with Crippen LogP contribution >= 0.6 is 0 Å². The van der Waals surface area contributed by atoms with Crippen molar-refractivity contribution in [3.8, 4) is 0 Å². The summed E-state index contributed by atoms with van der Waals surface area (Å²) in [5.41, 5.74) is -0.755. The van der Waals surface area contributed by atoms with Gasteiger partial charge in [0.25, 0.3) is 0 Å². The average molecular weight is 346 g/mol. The van der Waals surface area contributed by atoms with Crippen LogP contribution in [0.2, 0.25) is 0 Å². The van der Waals surface area contributed by atoms with Crippen molar-refractivity contribution in [1.82, 2.24) is 19.5 Å². The maximum Gasteiger partial charge on any atom is 0.227 e. The van der Waals surface area contributed by atoms with Crippen LogP contribution in [0, 0.1) is 5.82 Å². The number of imidazole rings is 1. The van der Waals surface area contributed by atoms with E-state index in [9.17, 15) is 9.50 Å². The van der Waals surface area contributed by atoms with E-state index in [2.05, 4.69) is 15.0 Å². The van der Waals surface area contributed by atoms with Gasteiger partial charge in [0.1, 0.15) is 0 Å². The maximum atomic E-state index is 14.1. The lowest BCUT2D eigenvalue weighted by Gasteiger charge is -2.38. The summed E-state index contributed by atoms with van der Waals surface area (Å²) in [7, 11) is 0. The molecule has 7 nitrogen and oxygen atoms in total. The van der Waals surface area contributed by atoms with Crippen LogP contribution in [0.1, 0.15) is 25.7 Å². The van der Waals surface area contributed by atoms with E-state index >= 15 is 0 Å². The fourth-order valence-corrected chi connectivity index (χ4v) is 3.65. The third kappa shape index (κ3) is 3.44. The molecule has 2 aromatic rings. The van der Waals surface area contributed by atoms with Crippen LogP contribution in [0.25, 0.3) is 0 Å². The highest BCUT2D eigenvalue weighted by Gasteiger charge is 2.34. The van der Waals surface area contributed by atoms with Gasteiger partial charge in [-0.1, -0.05) is 0 Å². The molecule has 134 valence electrons. The van der Waals surface area contributed by atoms with Crippen LogP contribution in [-0.2, 0) is 6.54 Å². The quantitative estimate of drug-likeness (QED) is 0.903. The number of hydrogen-bond acceptors (Lipinski definition) is 6. The van der Waals surface area contributed by atoms with Crippen molar-refractivity contribution in [2.75, 3.05) is 36.0 Å². The van der Waals surface area contributed by atoms with Gasteiger partial charge in [-0.25, -0.2) is 14.4 Å². The molecule has 0 saturated carbocycles. The number of rotatable bonds is 4. The number of aliphatic hydroxyl groups is 1. The van der Waals surface area contributed by atoms with Crippen LogP contribution in [0.3, 0.4) is 0 Å². The van der Waals surface area contributed by atoms with Crippen LogP contribution in [0.4, 0.5) is 16.2 Å². The summed E-state index contributed by atoms with van der Waals surface area (Å²) >= 11 is 0. The van der Waals surface area contributed by atoms with Gasteiger partial charge in [0.05, 0.1) is 24.7 Å². The number of aromatic nitrogens is 4. The van der Waals surface area contributed by atoms with E-state index in [1.807, 2.05) is 20.6 Å². The van der Waals surface area contributed by atoms with Gasteiger partial charge < -0.3 is 19.5 Å². The zero-order valence-corrected chi connectivity index (χ0v) is 14.2. The van der Waals surface area contributed by atoms with E-state index < -0.39 is 5.60 Å². The number of nitrogens with zero attached hydrogens (tertiary/aromatic N) is 6. The van der Waals surface area contributed by atoms with Gasteiger partial charge in [0.15, 0.2) is 11.6 Å². The highest BCUT2D eigenvalue weighted by molar-refractivity contribution is 5.46. The number of anilines is 2. The Morgan fingerprint density at radius 3 is 2.56 bits per heavy atom. The van der Waals surface area contributed by atoms with Crippen molar-refractivity contribution >= 4 is 11.8 Å². The van der Waals surface area contributed by atoms with Crippen LogP contribution in [-0.4, -0.2) is 56.4 Å². The number of piperidine rings is 1. The highest BCUT2D eigenvalue weighted by atomic mass is 19.1. The molecule has 2 fully saturated rings. The van der Waals surface area contributed by atoms with Crippen LogP contribution in [0.5, 0.6) is 0 Å². The van der Waals surface area contributed by atoms with E-state index in [1.54, 1.807) is 12.5 Å². The molecular weight excluding hydrogens is 323 g/mol. The summed E-state index contributed by atoms with van der Waals surface area (Å²) in [6.07, 6.45) is 9.93. The topological polar surface area (TPSA) is 70.3 Å². The van der Waals surface area contributed by atoms with Crippen molar-refractivity contribution in [1.29, 1.82) is 0 Å². The summed E-state index contributed by atoms with van der Waals surface area (Å²) in [5.74, 6) is 0.592. The molecular formula is C17H23FN6O. The lowest BCUT2D eigenvalue weighted by Crippen LogP contribution is -2.47. The minimum atomic E-state index is -0.755. The minimum Gasteiger partial charge on any atom is -0.388 e. The molecule has 2 aliphatic heterocycles. The van der Waals surface area contributed by atoms with Crippen molar-refractivity contribution in [3.05, 3.63) is 30.7 Å². The Balaban J connectivity index is 1.44. The van der Waals surface area contributed by atoms with Crippen molar-refractivity contribution in [2.45, 2.75) is 37.8 Å². The molecule has 8 heteroatoms. The second-order valence-corrected chi connectivity index (χ2v) is 6.98. The van der Waals surface area contributed by atoms with Gasteiger partial charge in [-0.15, -0.1) is 0 Å². The van der Waals surface area contributed by atoms with E-state index in [1.165, 1.54) is 6.20 Å². The Bertz CT molecular complexity index is 708. The lowest BCUT2D eigenvalue weighted by atomic mass is 9.91. The van der Waals surface area contributed by atoms with E-state index in [0.29, 0.717) is 44.2 Å². The smallest absolute Gasteiger partial charge is 0.227 e. The molecule has 0 bridgehead atoms. The molecule has 4 rings (SSSR count). The molecule has 2 aliphatic rings. The second kappa shape index (κ2) is 6.59. The lowest BCUT2D eigenvalue weighted by molar-refractivity contribution is -0.000296. The molecule has 0 unspecified atom stereocenters. The fraction of sp³-hybridized carbons (Fsp3) is 0.588. The number of hydrogen-bond donors (Lipinski definition) is 1. The van der Waals surface area contributed by atoms with Crippen molar-refractivity contribution < 1.29 is 9.50 Å². The predicted octanol–water partition coefficient (Wildman–Crippen LogP) is 1.44. The van der Waals surface area contributed by atoms with E-state index in [0.717, 1.165) is 25.9 Å². The summed E-state index contributed by atoms with van der Waals surface area (Å²) in [4.78, 5) is 16.7. The van der Waals surface area contributed by atoms with Crippen molar-refractivity contribution in [2.24, 2.45) is 0 Å². The zero-order chi connectivity index (χ0) is 17.3.